The molecule has 0 saturated carbocycles. The molecule has 0 aromatic heterocycles. The second-order valence-electron chi connectivity index (χ2n) is 1.97. The van der Waals surface area contributed by atoms with Gasteiger partial charge in [0.05, 0.1) is 6.73 Å². The lowest BCUT2D eigenvalue weighted by Gasteiger charge is -2.21. The van der Waals surface area contributed by atoms with E-state index in [1.165, 1.54) is 13.0 Å². The van der Waals surface area contributed by atoms with E-state index < -0.39 is 0 Å². The second-order valence-corrected chi connectivity index (χ2v) is 1.97. The Hall–Kier alpha value is -0.0800. The highest BCUT2D eigenvalue weighted by Crippen LogP contribution is 1.95. The molecule has 0 aromatic carbocycles. The van der Waals surface area contributed by atoms with Gasteiger partial charge in [0.1, 0.15) is 0 Å². The summed E-state index contributed by atoms with van der Waals surface area (Å²) in [6.45, 7) is 11.0. The van der Waals surface area contributed by atoms with Crippen LogP contribution >= 0.6 is 0 Å². The Labute approximate surface area is 86.3 Å². The molecule has 0 aromatic rings. The van der Waals surface area contributed by atoms with Crippen LogP contribution in [-0.2, 0) is 4.74 Å². The van der Waals surface area contributed by atoms with Crippen molar-refractivity contribution < 1.29 is 4.74 Å². The van der Waals surface area contributed by atoms with Crippen LogP contribution < -0.4 is 0 Å². The monoisotopic (exact) mass is 193 g/mol. The zero-order valence-electron chi connectivity index (χ0n) is 8.68. The molecule has 13 heavy (non-hydrogen) atoms. The first-order chi connectivity index (χ1) is 5.39. The molecule has 0 amide bonds. The minimum absolute atomic E-state index is 0. The van der Waals surface area contributed by atoms with E-state index in [9.17, 15) is 0 Å². The summed E-state index contributed by atoms with van der Waals surface area (Å²) >= 11 is 0. The van der Waals surface area contributed by atoms with E-state index in [-0.39, 0.29) is 14.9 Å². The number of hydrogen-bond donors (Lipinski definition) is 0. The van der Waals surface area contributed by atoms with Crippen LogP contribution in [0.4, 0.5) is 0 Å². The van der Waals surface area contributed by atoms with Gasteiger partial charge in [0.2, 0.25) is 0 Å². The Morgan fingerprint density at radius 2 is 1.46 bits per heavy atom. The molecule has 2 heteroatoms. The van der Waals surface area contributed by atoms with E-state index in [0.717, 1.165) is 13.3 Å². The number of nitrogens with zero attached hydrogens (tertiary/aromatic N) is 1. The van der Waals surface area contributed by atoms with Crippen LogP contribution in [0.1, 0.15) is 49.0 Å². The lowest BCUT2D eigenvalue weighted by molar-refractivity contribution is 0.00119. The van der Waals surface area contributed by atoms with E-state index in [4.69, 9.17) is 4.74 Å². The van der Waals surface area contributed by atoms with Gasteiger partial charge in [0, 0.05) is 13.2 Å². The molecular weight excluding hydrogens is 162 g/mol. The van der Waals surface area contributed by atoms with Gasteiger partial charge in [-0.2, -0.15) is 0 Å². The minimum Gasteiger partial charge on any atom is -0.366 e. The van der Waals surface area contributed by atoms with E-state index in [2.05, 4.69) is 11.9 Å². The average molecular weight is 193 g/mol. The summed E-state index contributed by atoms with van der Waals surface area (Å²) in [5.74, 6) is 0. The standard InChI is InChI=1S/C5H11NO.2C2H6.2CH4/c1-6-3-2-4-7-5-6;2*1-2;;/h2-5H2,1H3;2*1-2H3;2*1H4. The molecule has 1 saturated heterocycles. The molecule has 0 bridgehead atoms. The van der Waals surface area contributed by atoms with E-state index in [1.807, 2.05) is 27.7 Å². The van der Waals surface area contributed by atoms with Crippen LogP contribution in [0.5, 0.6) is 0 Å². The molecule has 1 aliphatic heterocycles. The topological polar surface area (TPSA) is 12.5 Å². The molecule has 1 fully saturated rings. The summed E-state index contributed by atoms with van der Waals surface area (Å²) in [6.07, 6.45) is 1.19. The highest BCUT2D eigenvalue weighted by molar-refractivity contribution is 4.49. The molecule has 0 aliphatic carbocycles. The predicted molar refractivity (Wildman–Crippen MR) is 64.2 cm³/mol. The quantitative estimate of drug-likeness (QED) is 0.582. The van der Waals surface area contributed by atoms with E-state index in [1.54, 1.807) is 0 Å². The van der Waals surface area contributed by atoms with Gasteiger partial charge in [0.25, 0.3) is 0 Å². The SMILES string of the molecule is C.C.CC.CC.CN1CCCOC1. The summed E-state index contributed by atoms with van der Waals surface area (Å²) in [4.78, 5) is 2.17. The first-order valence-corrected chi connectivity index (χ1v) is 4.66. The zero-order chi connectivity index (χ0) is 9.11. The Morgan fingerprint density at radius 3 is 1.62 bits per heavy atom. The van der Waals surface area contributed by atoms with Crippen molar-refractivity contribution in [2.75, 3.05) is 26.9 Å². The Kier molecular flexibility index (Phi) is 40.2. The van der Waals surface area contributed by atoms with E-state index >= 15 is 0 Å². The molecule has 1 aliphatic rings. The first-order valence-electron chi connectivity index (χ1n) is 4.66. The van der Waals surface area contributed by atoms with Crippen LogP contribution in [-0.4, -0.2) is 31.8 Å². The van der Waals surface area contributed by atoms with Crippen LogP contribution in [0.25, 0.3) is 0 Å². The maximum absolute atomic E-state index is 5.11. The van der Waals surface area contributed by atoms with Gasteiger partial charge in [-0.15, -0.1) is 0 Å². The fourth-order valence-corrected chi connectivity index (χ4v) is 0.721. The Balaban J connectivity index is -0.0000000607. The smallest absolute Gasteiger partial charge is 0.0987 e. The van der Waals surface area contributed by atoms with Crippen molar-refractivity contribution in [3.8, 4) is 0 Å². The van der Waals surface area contributed by atoms with Crippen LogP contribution in [0.15, 0.2) is 0 Å². The molecule has 0 N–H and O–H groups in total. The third-order valence-corrected chi connectivity index (χ3v) is 1.14. The lowest BCUT2D eigenvalue weighted by Crippen LogP contribution is -2.28. The van der Waals surface area contributed by atoms with Gasteiger partial charge in [0.15, 0.2) is 0 Å². The Bertz CT molecular complexity index is 52.1. The highest BCUT2D eigenvalue weighted by Gasteiger charge is 2.02. The van der Waals surface area contributed by atoms with Gasteiger partial charge < -0.3 is 4.74 Å². The average Bonchev–Trinajstić information content (AvgIpc) is 2.13. The minimum atomic E-state index is 0. The molecule has 0 radical (unpaired) electrons. The third kappa shape index (κ3) is 18.7. The number of rotatable bonds is 0. The van der Waals surface area contributed by atoms with E-state index in [0.29, 0.717) is 0 Å². The fraction of sp³-hybridized carbons (Fsp3) is 1.00. The second kappa shape index (κ2) is 22.7. The van der Waals surface area contributed by atoms with Gasteiger partial charge in [-0.1, -0.05) is 42.5 Å². The van der Waals surface area contributed by atoms with Crippen molar-refractivity contribution in [1.82, 2.24) is 4.90 Å². The van der Waals surface area contributed by atoms with Crippen molar-refractivity contribution in [2.24, 2.45) is 0 Å². The van der Waals surface area contributed by atoms with Crippen LogP contribution in [0, 0.1) is 0 Å². The number of ether oxygens (including phenoxy) is 1. The van der Waals surface area contributed by atoms with Crippen LogP contribution in [0.2, 0.25) is 0 Å². The molecule has 0 atom stereocenters. The lowest BCUT2D eigenvalue weighted by atomic mass is 10.4. The molecule has 2 nitrogen and oxygen atoms in total. The van der Waals surface area contributed by atoms with Crippen molar-refractivity contribution in [3.05, 3.63) is 0 Å². The van der Waals surface area contributed by atoms with Gasteiger partial charge in [-0.25, -0.2) is 0 Å². The van der Waals surface area contributed by atoms with Gasteiger partial charge >= 0.3 is 0 Å². The summed E-state index contributed by atoms with van der Waals surface area (Å²) in [5, 5.41) is 0. The molecule has 1 rings (SSSR count). The van der Waals surface area contributed by atoms with Crippen molar-refractivity contribution in [3.63, 3.8) is 0 Å². The van der Waals surface area contributed by atoms with Gasteiger partial charge in [-0.3, -0.25) is 4.90 Å². The fourth-order valence-electron chi connectivity index (χ4n) is 0.721. The molecule has 0 unspecified atom stereocenters. The maximum atomic E-state index is 5.11. The zero-order valence-corrected chi connectivity index (χ0v) is 8.68. The normalized spacial score (nSPS) is 14.5. The van der Waals surface area contributed by atoms with Crippen molar-refractivity contribution in [2.45, 2.75) is 49.0 Å². The predicted octanol–water partition coefficient (Wildman–Crippen LogP) is 3.62. The highest BCUT2D eigenvalue weighted by atomic mass is 16.5. The van der Waals surface area contributed by atoms with Crippen molar-refractivity contribution >= 4 is 0 Å². The number of hydrogen-bond acceptors (Lipinski definition) is 2. The van der Waals surface area contributed by atoms with Gasteiger partial charge in [-0.05, 0) is 13.5 Å². The maximum Gasteiger partial charge on any atom is 0.0987 e. The summed E-state index contributed by atoms with van der Waals surface area (Å²) < 4.78 is 5.11. The summed E-state index contributed by atoms with van der Waals surface area (Å²) in [5.41, 5.74) is 0. The third-order valence-electron chi connectivity index (χ3n) is 1.14. The molecule has 86 valence electrons. The van der Waals surface area contributed by atoms with Crippen LogP contribution in [0.3, 0.4) is 0 Å². The first kappa shape index (κ1) is 23.1. The largest absolute Gasteiger partial charge is 0.366 e. The molecule has 0 spiro atoms. The van der Waals surface area contributed by atoms with Crippen molar-refractivity contribution in [1.29, 1.82) is 0 Å². The molecular formula is C11H31NO. The molecule has 1 heterocycles. The summed E-state index contributed by atoms with van der Waals surface area (Å²) in [7, 11) is 2.07. The summed E-state index contributed by atoms with van der Waals surface area (Å²) in [6, 6.07) is 0. The Morgan fingerprint density at radius 1 is 1.00 bits per heavy atom.